The summed E-state index contributed by atoms with van der Waals surface area (Å²) in [5, 5.41) is 0. The molecule has 0 spiro atoms. The fourth-order valence-corrected chi connectivity index (χ4v) is 4.54. The maximum atomic E-state index is 6.65. The van der Waals surface area contributed by atoms with Crippen molar-refractivity contribution in [2.24, 2.45) is 11.1 Å². The highest BCUT2D eigenvalue weighted by Gasteiger charge is 2.31. The van der Waals surface area contributed by atoms with Gasteiger partial charge in [-0.25, -0.2) is 0 Å². The molecule has 1 nitrogen and oxygen atoms in total. The standard InChI is InChI=1S/C20H31N/c1-19(2)12-6-7-17(15-19)16-8-10-18(11-9-16)20(21)13-4-3-5-14-20/h8-11,17H,3-7,12-15,21H2,1-2H3. The molecule has 1 unspecified atom stereocenters. The van der Waals surface area contributed by atoms with E-state index < -0.39 is 0 Å². The third-order valence-corrected chi connectivity index (χ3v) is 5.91. The van der Waals surface area contributed by atoms with Gasteiger partial charge in [-0.15, -0.1) is 0 Å². The van der Waals surface area contributed by atoms with E-state index in [0.717, 1.165) is 18.8 Å². The van der Waals surface area contributed by atoms with Gasteiger partial charge in [0, 0.05) is 5.54 Å². The Morgan fingerprint density at radius 1 is 0.905 bits per heavy atom. The first kappa shape index (κ1) is 15.1. The normalized spacial score (nSPS) is 28.2. The van der Waals surface area contributed by atoms with Crippen molar-refractivity contribution in [3.63, 3.8) is 0 Å². The van der Waals surface area contributed by atoms with Crippen LogP contribution in [-0.2, 0) is 5.54 Å². The molecule has 0 radical (unpaired) electrons. The van der Waals surface area contributed by atoms with E-state index in [-0.39, 0.29) is 5.54 Å². The van der Waals surface area contributed by atoms with Crippen molar-refractivity contribution in [3.05, 3.63) is 35.4 Å². The van der Waals surface area contributed by atoms with Gasteiger partial charge in [-0.05, 0) is 54.6 Å². The highest BCUT2D eigenvalue weighted by atomic mass is 14.7. The van der Waals surface area contributed by atoms with Crippen molar-refractivity contribution >= 4 is 0 Å². The average molecular weight is 285 g/mol. The van der Waals surface area contributed by atoms with Gasteiger partial charge >= 0.3 is 0 Å². The molecule has 0 bridgehead atoms. The molecule has 0 saturated heterocycles. The van der Waals surface area contributed by atoms with Crippen molar-refractivity contribution in [1.82, 2.24) is 0 Å². The lowest BCUT2D eigenvalue weighted by atomic mass is 9.70. The molecule has 21 heavy (non-hydrogen) atoms. The van der Waals surface area contributed by atoms with Crippen LogP contribution >= 0.6 is 0 Å². The van der Waals surface area contributed by atoms with Crippen LogP contribution in [0.25, 0.3) is 0 Å². The summed E-state index contributed by atoms with van der Waals surface area (Å²) in [4.78, 5) is 0. The smallest absolute Gasteiger partial charge is 0.0409 e. The zero-order chi connectivity index (χ0) is 14.9. The minimum atomic E-state index is -0.0530. The van der Waals surface area contributed by atoms with Gasteiger partial charge in [0.05, 0.1) is 0 Å². The molecule has 1 aromatic carbocycles. The Labute approximate surface area is 130 Å². The van der Waals surface area contributed by atoms with E-state index in [2.05, 4.69) is 38.1 Å². The molecule has 0 aromatic heterocycles. The van der Waals surface area contributed by atoms with Gasteiger partial charge in [-0.2, -0.15) is 0 Å². The lowest BCUT2D eigenvalue weighted by Crippen LogP contribution is -2.38. The van der Waals surface area contributed by atoms with E-state index in [1.54, 1.807) is 0 Å². The Morgan fingerprint density at radius 2 is 1.57 bits per heavy atom. The van der Waals surface area contributed by atoms with Crippen LogP contribution in [0.3, 0.4) is 0 Å². The maximum absolute atomic E-state index is 6.65. The Kier molecular flexibility index (Phi) is 4.14. The Hall–Kier alpha value is -0.820. The van der Waals surface area contributed by atoms with Gasteiger partial charge in [-0.1, -0.05) is 63.8 Å². The minimum absolute atomic E-state index is 0.0530. The molecule has 1 aromatic rings. The van der Waals surface area contributed by atoms with Crippen molar-refractivity contribution in [2.45, 2.75) is 83.1 Å². The van der Waals surface area contributed by atoms with Gasteiger partial charge in [0.25, 0.3) is 0 Å². The minimum Gasteiger partial charge on any atom is -0.321 e. The monoisotopic (exact) mass is 285 g/mol. The number of hydrogen-bond donors (Lipinski definition) is 1. The summed E-state index contributed by atoms with van der Waals surface area (Å²) in [6.45, 7) is 4.84. The lowest BCUT2D eigenvalue weighted by molar-refractivity contribution is 0.219. The first-order chi connectivity index (χ1) is 9.99. The second-order valence-electron chi connectivity index (χ2n) is 8.30. The lowest BCUT2D eigenvalue weighted by Gasteiger charge is -2.36. The van der Waals surface area contributed by atoms with Crippen LogP contribution in [0.2, 0.25) is 0 Å². The van der Waals surface area contributed by atoms with Gasteiger partial charge < -0.3 is 5.73 Å². The molecule has 2 fully saturated rings. The number of hydrogen-bond acceptors (Lipinski definition) is 1. The zero-order valence-corrected chi connectivity index (χ0v) is 13.8. The van der Waals surface area contributed by atoms with Crippen LogP contribution < -0.4 is 5.73 Å². The fourth-order valence-electron chi connectivity index (χ4n) is 4.54. The highest BCUT2D eigenvalue weighted by molar-refractivity contribution is 5.31. The first-order valence-corrected chi connectivity index (χ1v) is 8.88. The molecule has 2 saturated carbocycles. The van der Waals surface area contributed by atoms with E-state index in [0.29, 0.717) is 5.41 Å². The van der Waals surface area contributed by atoms with Crippen molar-refractivity contribution in [1.29, 1.82) is 0 Å². The fraction of sp³-hybridized carbons (Fsp3) is 0.700. The molecule has 1 atom stereocenters. The predicted molar refractivity (Wildman–Crippen MR) is 90.4 cm³/mol. The van der Waals surface area contributed by atoms with E-state index in [1.807, 2.05) is 0 Å². The molecule has 2 aliphatic rings. The number of rotatable bonds is 2. The average Bonchev–Trinajstić information content (AvgIpc) is 2.47. The molecule has 0 heterocycles. The molecule has 2 aliphatic carbocycles. The molecule has 0 aliphatic heterocycles. The molecule has 116 valence electrons. The summed E-state index contributed by atoms with van der Waals surface area (Å²) < 4.78 is 0. The van der Waals surface area contributed by atoms with Crippen LogP contribution in [0.5, 0.6) is 0 Å². The second-order valence-corrected chi connectivity index (χ2v) is 8.30. The van der Waals surface area contributed by atoms with Crippen LogP contribution in [-0.4, -0.2) is 0 Å². The van der Waals surface area contributed by atoms with E-state index in [1.165, 1.54) is 56.1 Å². The Morgan fingerprint density at radius 3 is 2.19 bits per heavy atom. The zero-order valence-electron chi connectivity index (χ0n) is 13.8. The molecule has 1 heteroatoms. The van der Waals surface area contributed by atoms with Gasteiger partial charge in [0.2, 0.25) is 0 Å². The summed E-state index contributed by atoms with van der Waals surface area (Å²) in [5.41, 5.74) is 10.0. The third-order valence-electron chi connectivity index (χ3n) is 5.91. The van der Waals surface area contributed by atoms with Crippen LogP contribution in [0, 0.1) is 5.41 Å². The highest BCUT2D eigenvalue weighted by Crippen LogP contribution is 2.43. The predicted octanol–water partition coefficient (Wildman–Crippen LogP) is 5.49. The Bertz CT molecular complexity index is 465. The number of benzene rings is 1. The molecular weight excluding hydrogens is 254 g/mol. The van der Waals surface area contributed by atoms with Crippen LogP contribution in [0.15, 0.2) is 24.3 Å². The summed E-state index contributed by atoms with van der Waals surface area (Å²) in [5.74, 6) is 0.753. The van der Waals surface area contributed by atoms with Crippen molar-refractivity contribution in [2.75, 3.05) is 0 Å². The molecule has 0 amide bonds. The summed E-state index contributed by atoms with van der Waals surface area (Å²) in [7, 11) is 0. The van der Waals surface area contributed by atoms with Crippen molar-refractivity contribution in [3.8, 4) is 0 Å². The summed E-state index contributed by atoms with van der Waals surface area (Å²) >= 11 is 0. The third kappa shape index (κ3) is 3.34. The van der Waals surface area contributed by atoms with E-state index in [4.69, 9.17) is 5.73 Å². The summed E-state index contributed by atoms with van der Waals surface area (Å²) in [6.07, 6.45) is 11.7. The first-order valence-electron chi connectivity index (χ1n) is 8.88. The van der Waals surface area contributed by atoms with Gasteiger partial charge in [0.1, 0.15) is 0 Å². The van der Waals surface area contributed by atoms with E-state index in [9.17, 15) is 0 Å². The van der Waals surface area contributed by atoms with E-state index >= 15 is 0 Å². The molecule has 3 rings (SSSR count). The number of nitrogens with two attached hydrogens (primary N) is 1. The van der Waals surface area contributed by atoms with Crippen molar-refractivity contribution < 1.29 is 0 Å². The van der Waals surface area contributed by atoms with Crippen LogP contribution in [0.4, 0.5) is 0 Å². The molecular formula is C20H31N. The van der Waals surface area contributed by atoms with Crippen LogP contribution in [0.1, 0.15) is 88.7 Å². The topological polar surface area (TPSA) is 26.0 Å². The molecule has 2 N–H and O–H groups in total. The largest absolute Gasteiger partial charge is 0.321 e. The maximum Gasteiger partial charge on any atom is 0.0409 e. The quantitative estimate of drug-likeness (QED) is 0.764. The second kappa shape index (κ2) is 5.76. The van der Waals surface area contributed by atoms with Gasteiger partial charge in [0.15, 0.2) is 0 Å². The van der Waals surface area contributed by atoms with Gasteiger partial charge in [-0.3, -0.25) is 0 Å². The SMILES string of the molecule is CC1(C)CCCC(c2ccc(C3(N)CCCCC3)cc2)C1. The summed E-state index contributed by atoms with van der Waals surface area (Å²) in [6, 6.07) is 9.37. The Balaban J connectivity index is 1.74.